The molecule has 1 aliphatic rings. The van der Waals surface area contributed by atoms with Gasteiger partial charge in [0.1, 0.15) is 0 Å². The smallest absolute Gasteiger partial charge is 0.251 e. The Labute approximate surface area is 149 Å². The Morgan fingerprint density at radius 1 is 1.16 bits per heavy atom. The van der Waals surface area contributed by atoms with Crippen molar-refractivity contribution in [2.45, 2.75) is 52.7 Å². The van der Waals surface area contributed by atoms with Gasteiger partial charge < -0.3 is 24.3 Å². The van der Waals surface area contributed by atoms with Crippen LogP contribution in [0.4, 0.5) is 0 Å². The molecular weight excluding hydrogens is 322 g/mol. The number of hydrogen-bond donors (Lipinski definition) is 1. The Balaban J connectivity index is 2.24. The minimum Gasteiger partial charge on any atom is -0.490 e. The van der Waals surface area contributed by atoms with Crippen LogP contribution in [-0.4, -0.2) is 44.5 Å². The first kappa shape index (κ1) is 19.4. The van der Waals surface area contributed by atoms with Crippen LogP contribution in [0.15, 0.2) is 12.1 Å². The molecule has 6 heteroatoms. The zero-order valence-corrected chi connectivity index (χ0v) is 15.6. The van der Waals surface area contributed by atoms with Crippen LogP contribution in [-0.2, 0) is 4.74 Å². The Kier molecular flexibility index (Phi) is 7.37. The summed E-state index contributed by atoms with van der Waals surface area (Å²) in [6.07, 6.45) is 2.08. The molecule has 0 unspecified atom stereocenters. The van der Waals surface area contributed by atoms with E-state index in [0.29, 0.717) is 42.6 Å². The van der Waals surface area contributed by atoms with Crippen LogP contribution in [0.1, 0.15) is 50.9 Å². The van der Waals surface area contributed by atoms with E-state index in [9.17, 15) is 4.79 Å². The highest BCUT2D eigenvalue weighted by Crippen LogP contribution is 2.39. The first-order valence-electron chi connectivity index (χ1n) is 9.09. The van der Waals surface area contributed by atoms with Crippen molar-refractivity contribution in [2.24, 2.45) is 0 Å². The van der Waals surface area contributed by atoms with Crippen molar-refractivity contribution in [2.75, 3.05) is 26.4 Å². The quantitative estimate of drug-likeness (QED) is 0.740. The summed E-state index contributed by atoms with van der Waals surface area (Å²) in [7, 11) is 0. The number of rotatable bonds is 9. The van der Waals surface area contributed by atoms with E-state index in [0.717, 1.165) is 19.4 Å². The molecular formula is C19H29NO5. The number of amides is 1. The van der Waals surface area contributed by atoms with Gasteiger partial charge in [-0.25, -0.2) is 0 Å². The van der Waals surface area contributed by atoms with E-state index in [4.69, 9.17) is 18.9 Å². The molecule has 25 heavy (non-hydrogen) atoms. The second-order valence-electron chi connectivity index (χ2n) is 5.91. The lowest BCUT2D eigenvalue weighted by Crippen LogP contribution is -2.40. The highest BCUT2D eigenvalue weighted by molar-refractivity contribution is 5.95. The number of hydrogen-bond acceptors (Lipinski definition) is 5. The van der Waals surface area contributed by atoms with Gasteiger partial charge in [0.15, 0.2) is 11.5 Å². The van der Waals surface area contributed by atoms with E-state index < -0.39 is 0 Å². The van der Waals surface area contributed by atoms with Crippen LogP contribution in [0, 0.1) is 0 Å². The van der Waals surface area contributed by atoms with Gasteiger partial charge >= 0.3 is 0 Å². The lowest BCUT2D eigenvalue weighted by molar-refractivity contribution is 0.0712. The number of benzene rings is 1. The lowest BCUT2D eigenvalue weighted by Gasteiger charge is -2.21. The first-order chi connectivity index (χ1) is 12.1. The van der Waals surface area contributed by atoms with Gasteiger partial charge in [-0.05, 0) is 52.7 Å². The van der Waals surface area contributed by atoms with Crippen LogP contribution in [0.25, 0.3) is 0 Å². The molecule has 0 aromatic heterocycles. The molecule has 0 saturated carbocycles. The van der Waals surface area contributed by atoms with Crippen molar-refractivity contribution in [3.05, 3.63) is 17.7 Å². The normalized spacial score (nSPS) is 17.8. The van der Waals surface area contributed by atoms with Gasteiger partial charge in [-0.2, -0.15) is 0 Å². The van der Waals surface area contributed by atoms with Crippen molar-refractivity contribution in [1.82, 2.24) is 5.32 Å². The zero-order chi connectivity index (χ0) is 18.2. The Bertz CT molecular complexity index is 542. The number of carbonyl (C=O) groups excluding carboxylic acids is 1. The fourth-order valence-corrected chi connectivity index (χ4v) is 2.90. The zero-order valence-electron chi connectivity index (χ0n) is 15.6. The molecule has 0 spiro atoms. The third kappa shape index (κ3) is 5.01. The molecule has 1 fully saturated rings. The molecule has 2 atom stereocenters. The van der Waals surface area contributed by atoms with E-state index >= 15 is 0 Å². The maximum Gasteiger partial charge on any atom is 0.251 e. The van der Waals surface area contributed by atoms with E-state index in [1.165, 1.54) is 0 Å². The highest BCUT2D eigenvalue weighted by Gasteiger charge is 2.25. The van der Waals surface area contributed by atoms with Gasteiger partial charge in [0, 0.05) is 12.2 Å². The first-order valence-corrected chi connectivity index (χ1v) is 9.09. The third-order valence-corrected chi connectivity index (χ3v) is 4.05. The van der Waals surface area contributed by atoms with Gasteiger partial charge in [0.05, 0.1) is 32.0 Å². The maximum atomic E-state index is 12.7. The Morgan fingerprint density at radius 2 is 1.76 bits per heavy atom. The Morgan fingerprint density at radius 3 is 2.24 bits per heavy atom. The van der Waals surface area contributed by atoms with E-state index in [-0.39, 0.29) is 18.1 Å². The van der Waals surface area contributed by atoms with Crippen LogP contribution in [0.5, 0.6) is 17.2 Å². The Hall–Kier alpha value is -1.95. The van der Waals surface area contributed by atoms with E-state index in [1.807, 2.05) is 27.7 Å². The minimum absolute atomic E-state index is 0.0485. The summed E-state index contributed by atoms with van der Waals surface area (Å²) < 4.78 is 22.6. The van der Waals surface area contributed by atoms with Gasteiger partial charge in [0.2, 0.25) is 5.75 Å². The van der Waals surface area contributed by atoms with Crippen LogP contribution in [0.3, 0.4) is 0 Å². The molecule has 1 aromatic carbocycles. The lowest BCUT2D eigenvalue weighted by atomic mass is 10.1. The highest BCUT2D eigenvalue weighted by atomic mass is 16.5. The second-order valence-corrected chi connectivity index (χ2v) is 5.91. The molecule has 1 heterocycles. The minimum atomic E-state index is -0.173. The van der Waals surface area contributed by atoms with Crippen molar-refractivity contribution in [3.8, 4) is 17.2 Å². The average Bonchev–Trinajstić information content (AvgIpc) is 3.12. The summed E-state index contributed by atoms with van der Waals surface area (Å²) in [5.74, 6) is 1.40. The molecule has 2 rings (SSSR count). The van der Waals surface area contributed by atoms with Gasteiger partial charge in [-0.3, -0.25) is 4.79 Å². The second kappa shape index (κ2) is 9.51. The molecule has 0 bridgehead atoms. The summed E-state index contributed by atoms with van der Waals surface area (Å²) in [6, 6.07) is 3.36. The van der Waals surface area contributed by atoms with Crippen LogP contribution >= 0.6 is 0 Å². The largest absolute Gasteiger partial charge is 0.490 e. The summed E-state index contributed by atoms with van der Waals surface area (Å²) in [5.41, 5.74) is 0.486. The van der Waals surface area contributed by atoms with Crippen molar-refractivity contribution in [3.63, 3.8) is 0 Å². The predicted molar refractivity (Wildman–Crippen MR) is 95.9 cm³/mol. The third-order valence-electron chi connectivity index (χ3n) is 4.05. The monoisotopic (exact) mass is 351 g/mol. The standard InChI is InChI=1S/C19H29NO5/c1-5-22-16-11-14(12-17(23-6-2)18(16)24-7-3)19(21)20-13(4)15-9-8-10-25-15/h11-13,15H,5-10H2,1-4H3,(H,20,21)/t13-,15-/m0/s1. The number of nitrogens with one attached hydrogen (secondary N) is 1. The summed E-state index contributed by atoms with van der Waals surface area (Å²) in [4.78, 5) is 12.7. The predicted octanol–water partition coefficient (Wildman–Crippen LogP) is 3.18. The summed E-state index contributed by atoms with van der Waals surface area (Å²) in [6.45, 7) is 9.85. The van der Waals surface area contributed by atoms with Crippen molar-refractivity contribution >= 4 is 5.91 Å². The SMILES string of the molecule is CCOc1cc(C(=O)N[C@@H](C)[C@@H]2CCCO2)cc(OCC)c1OCC. The number of carbonyl (C=O) groups is 1. The van der Waals surface area contributed by atoms with E-state index in [2.05, 4.69) is 5.32 Å². The molecule has 1 amide bonds. The molecule has 140 valence electrons. The van der Waals surface area contributed by atoms with E-state index in [1.54, 1.807) is 12.1 Å². The van der Waals surface area contributed by atoms with Crippen molar-refractivity contribution in [1.29, 1.82) is 0 Å². The summed E-state index contributed by atoms with van der Waals surface area (Å²) >= 11 is 0. The molecule has 1 aromatic rings. The average molecular weight is 351 g/mol. The van der Waals surface area contributed by atoms with Crippen LogP contribution < -0.4 is 19.5 Å². The molecule has 0 radical (unpaired) electrons. The maximum absolute atomic E-state index is 12.7. The topological polar surface area (TPSA) is 66.0 Å². The number of ether oxygens (including phenoxy) is 4. The van der Waals surface area contributed by atoms with Gasteiger partial charge in [0.25, 0.3) is 5.91 Å². The fraction of sp³-hybridized carbons (Fsp3) is 0.632. The van der Waals surface area contributed by atoms with Crippen molar-refractivity contribution < 1.29 is 23.7 Å². The molecule has 1 aliphatic heterocycles. The molecule has 1 N–H and O–H groups in total. The molecule has 1 saturated heterocycles. The molecule has 6 nitrogen and oxygen atoms in total. The van der Waals surface area contributed by atoms with Gasteiger partial charge in [-0.1, -0.05) is 0 Å². The summed E-state index contributed by atoms with van der Waals surface area (Å²) in [5, 5.41) is 3.01. The fourth-order valence-electron chi connectivity index (χ4n) is 2.90. The molecule has 0 aliphatic carbocycles. The van der Waals surface area contributed by atoms with Gasteiger partial charge in [-0.15, -0.1) is 0 Å². The van der Waals surface area contributed by atoms with Crippen LogP contribution in [0.2, 0.25) is 0 Å².